The van der Waals surface area contributed by atoms with Gasteiger partial charge in [0.1, 0.15) is 12.4 Å². The first kappa shape index (κ1) is 20.6. The molecule has 0 bridgehead atoms. The Morgan fingerprint density at radius 3 is 2.48 bits per heavy atom. The highest BCUT2D eigenvalue weighted by Gasteiger charge is 2.21. The zero-order valence-corrected chi connectivity index (χ0v) is 17.6. The second-order valence-corrected chi connectivity index (χ2v) is 7.47. The molecule has 31 heavy (non-hydrogen) atoms. The summed E-state index contributed by atoms with van der Waals surface area (Å²) in [6.07, 6.45) is 2.16. The molecule has 1 aliphatic rings. The molecule has 3 aromatic rings. The van der Waals surface area contributed by atoms with Gasteiger partial charge in [-0.1, -0.05) is 36.4 Å². The Balaban J connectivity index is 1.82. The Hall–Kier alpha value is -3.63. The number of ether oxygens (including phenoxy) is 2. The summed E-state index contributed by atoms with van der Waals surface area (Å²) < 4.78 is 12.7. The maximum atomic E-state index is 13.4. The lowest BCUT2D eigenvalue weighted by atomic mass is 10.00. The highest BCUT2D eigenvalue weighted by molar-refractivity contribution is 5.81. The smallest absolute Gasteiger partial charge is 0.299 e. The van der Waals surface area contributed by atoms with Crippen molar-refractivity contribution >= 4 is 5.69 Å². The van der Waals surface area contributed by atoms with Crippen molar-refractivity contribution in [2.45, 2.75) is 18.9 Å². The van der Waals surface area contributed by atoms with Gasteiger partial charge in [0.05, 0.1) is 24.9 Å². The Labute approximate surface area is 181 Å². The van der Waals surface area contributed by atoms with E-state index in [1.165, 1.54) is 4.57 Å². The molecule has 0 amide bonds. The molecule has 7 heteroatoms. The standard InChI is InChI=1S/C24H24N4O3/c1-25-18-10-6-17(7-11-18)22-21(16-8-12-20(30-3)13-9-16)23(29)28(2)24(27-22)31-15-19-5-4-14-26-19/h6-13,19,26H,4-5,14-15H2,2-3H3. The van der Waals surface area contributed by atoms with Crippen LogP contribution >= 0.6 is 0 Å². The third kappa shape index (κ3) is 4.30. The van der Waals surface area contributed by atoms with Crippen LogP contribution in [0.15, 0.2) is 53.3 Å². The number of aromatic nitrogens is 2. The first-order valence-corrected chi connectivity index (χ1v) is 10.2. The average Bonchev–Trinajstić information content (AvgIpc) is 3.34. The van der Waals surface area contributed by atoms with Crippen LogP contribution in [0.3, 0.4) is 0 Å². The van der Waals surface area contributed by atoms with E-state index in [0.717, 1.165) is 30.5 Å². The van der Waals surface area contributed by atoms with Gasteiger partial charge in [0.25, 0.3) is 11.6 Å². The van der Waals surface area contributed by atoms with Gasteiger partial charge in [-0.3, -0.25) is 9.36 Å². The van der Waals surface area contributed by atoms with Crippen LogP contribution in [-0.4, -0.2) is 35.9 Å². The quantitative estimate of drug-likeness (QED) is 0.619. The van der Waals surface area contributed by atoms with Crippen LogP contribution in [0, 0.1) is 6.57 Å². The molecule has 0 aliphatic carbocycles. The van der Waals surface area contributed by atoms with E-state index in [9.17, 15) is 4.79 Å². The largest absolute Gasteiger partial charge is 0.497 e. The van der Waals surface area contributed by atoms with E-state index in [1.54, 1.807) is 26.3 Å². The van der Waals surface area contributed by atoms with Crippen LogP contribution in [0.5, 0.6) is 11.8 Å². The molecule has 2 aromatic carbocycles. The Morgan fingerprint density at radius 2 is 1.87 bits per heavy atom. The first-order valence-electron chi connectivity index (χ1n) is 10.2. The molecule has 1 unspecified atom stereocenters. The maximum Gasteiger partial charge on any atom is 0.299 e. The van der Waals surface area contributed by atoms with Crippen molar-refractivity contribution in [1.29, 1.82) is 0 Å². The molecule has 1 aromatic heterocycles. The molecular weight excluding hydrogens is 392 g/mol. The lowest BCUT2D eigenvalue weighted by molar-refractivity contribution is 0.246. The number of nitrogens with zero attached hydrogens (tertiary/aromatic N) is 3. The molecule has 0 radical (unpaired) electrons. The van der Waals surface area contributed by atoms with E-state index >= 15 is 0 Å². The van der Waals surface area contributed by atoms with E-state index in [1.807, 2.05) is 36.4 Å². The summed E-state index contributed by atoms with van der Waals surface area (Å²) in [5, 5.41) is 3.39. The van der Waals surface area contributed by atoms with Crippen LogP contribution < -0.4 is 20.3 Å². The molecular formula is C24H24N4O3. The van der Waals surface area contributed by atoms with E-state index < -0.39 is 0 Å². The number of hydrogen-bond acceptors (Lipinski definition) is 5. The van der Waals surface area contributed by atoms with E-state index in [2.05, 4.69) is 10.2 Å². The molecule has 4 rings (SSSR count). The second kappa shape index (κ2) is 9.02. The monoisotopic (exact) mass is 416 g/mol. The molecule has 1 N–H and O–H groups in total. The number of nitrogens with one attached hydrogen (secondary N) is 1. The molecule has 1 saturated heterocycles. The Morgan fingerprint density at radius 1 is 1.16 bits per heavy atom. The number of hydrogen-bond donors (Lipinski definition) is 1. The fraction of sp³-hybridized carbons (Fsp3) is 0.292. The minimum Gasteiger partial charge on any atom is -0.497 e. The van der Waals surface area contributed by atoms with Crippen molar-refractivity contribution in [2.75, 3.05) is 20.3 Å². The third-order valence-corrected chi connectivity index (χ3v) is 5.47. The van der Waals surface area contributed by atoms with Crippen molar-refractivity contribution < 1.29 is 9.47 Å². The van der Waals surface area contributed by atoms with Gasteiger partial charge in [-0.2, -0.15) is 4.98 Å². The summed E-state index contributed by atoms with van der Waals surface area (Å²) >= 11 is 0. The van der Waals surface area contributed by atoms with Crippen LogP contribution in [0.2, 0.25) is 0 Å². The third-order valence-electron chi connectivity index (χ3n) is 5.47. The highest BCUT2D eigenvalue weighted by Crippen LogP contribution is 2.31. The molecule has 1 atom stereocenters. The van der Waals surface area contributed by atoms with Crippen LogP contribution in [0.25, 0.3) is 27.2 Å². The van der Waals surface area contributed by atoms with Gasteiger partial charge >= 0.3 is 0 Å². The summed E-state index contributed by atoms with van der Waals surface area (Å²) in [6.45, 7) is 8.62. The minimum atomic E-state index is -0.196. The minimum absolute atomic E-state index is 0.196. The predicted molar refractivity (Wildman–Crippen MR) is 120 cm³/mol. The average molecular weight is 416 g/mol. The fourth-order valence-corrected chi connectivity index (χ4v) is 3.71. The Bertz CT molecular complexity index is 1160. The maximum absolute atomic E-state index is 13.4. The van der Waals surface area contributed by atoms with Gasteiger partial charge in [-0.05, 0) is 42.6 Å². The van der Waals surface area contributed by atoms with Crippen LogP contribution in [0.1, 0.15) is 12.8 Å². The van der Waals surface area contributed by atoms with Gasteiger partial charge < -0.3 is 14.8 Å². The lowest BCUT2D eigenvalue weighted by Crippen LogP contribution is -2.30. The van der Waals surface area contributed by atoms with Gasteiger partial charge in [-0.25, -0.2) is 4.85 Å². The topological polar surface area (TPSA) is 69.7 Å². The zero-order valence-electron chi connectivity index (χ0n) is 17.6. The second-order valence-electron chi connectivity index (χ2n) is 7.47. The highest BCUT2D eigenvalue weighted by atomic mass is 16.5. The van der Waals surface area contributed by atoms with Crippen molar-refractivity contribution in [2.24, 2.45) is 7.05 Å². The van der Waals surface area contributed by atoms with E-state index in [-0.39, 0.29) is 17.6 Å². The van der Waals surface area contributed by atoms with Crippen molar-refractivity contribution in [1.82, 2.24) is 14.9 Å². The molecule has 2 heterocycles. The summed E-state index contributed by atoms with van der Waals surface area (Å²) in [5.74, 6) is 0.709. The van der Waals surface area contributed by atoms with Crippen molar-refractivity contribution in [3.63, 3.8) is 0 Å². The SMILES string of the molecule is [C-]#[N+]c1ccc(-c2nc(OCC3CCCN3)n(C)c(=O)c2-c2ccc(OC)cc2)cc1. The van der Waals surface area contributed by atoms with Gasteiger partial charge in [-0.15, -0.1) is 0 Å². The van der Waals surface area contributed by atoms with Gasteiger partial charge in [0, 0.05) is 13.1 Å². The number of methoxy groups -OCH3 is 1. The van der Waals surface area contributed by atoms with E-state index in [0.29, 0.717) is 29.3 Å². The van der Waals surface area contributed by atoms with Gasteiger partial charge in [0.2, 0.25) is 0 Å². The first-order chi connectivity index (χ1) is 15.1. The van der Waals surface area contributed by atoms with Crippen molar-refractivity contribution in [3.05, 3.63) is 70.3 Å². The lowest BCUT2D eigenvalue weighted by Gasteiger charge is -2.17. The molecule has 0 spiro atoms. The molecule has 1 fully saturated rings. The molecule has 7 nitrogen and oxygen atoms in total. The van der Waals surface area contributed by atoms with Gasteiger partial charge in [0.15, 0.2) is 5.69 Å². The predicted octanol–water partition coefficient (Wildman–Crippen LogP) is 3.80. The molecule has 158 valence electrons. The summed E-state index contributed by atoms with van der Waals surface area (Å²) in [5.41, 5.74) is 2.83. The normalized spacial score (nSPS) is 15.5. The van der Waals surface area contributed by atoms with Crippen molar-refractivity contribution in [3.8, 4) is 34.1 Å². The van der Waals surface area contributed by atoms with Crippen LogP contribution in [0.4, 0.5) is 5.69 Å². The molecule has 0 saturated carbocycles. The summed E-state index contributed by atoms with van der Waals surface area (Å²) in [6, 6.07) is 14.9. The Kier molecular flexibility index (Phi) is 6.01. The number of rotatable bonds is 6. The zero-order chi connectivity index (χ0) is 21.8. The fourth-order valence-electron chi connectivity index (χ4n) is 3.71. The summed E-state index contributed by atoms with van der Waals surface area (Å²) in [7, 11) is 3.27. The van der Waals surface area contributed by atoms with E-state index in [4.69, 9.17) is 21.0 Å². The molecule has 1 aliphatic heterocycles. The van der Waals surface area contributed by atoms with Crippen LogP contribution in [-0.2, 0) is 7.05 Å². The number of benzene rings is 2. The summed E-state index contributed by atoms with van der Waals surface area (Å²) in [4.78, 5) is 21.6.